The van der Waals surface area contributed by atoms with Gasteiger partial charge < -0.3 is 0 Å². The van der Waals surface area contributed by atoms with Gasteiger partial charge in [-0.1, -0.05) is 36.8 Å². The Bertz CT molecular complexity index is 381. The van der Waals surface area contributed by atoms with E-state index in [-0.39, 0.29) is 5.92 Å². The fourth-order valence-electron chi connectivity index (χ4n) is 2.65. The van der Waals surface area contributed by atoms with Crippen LogP contribution in [0, 0.1) is 18.8 Å². The lowest BCUT2D eigenvalue weighted by Crippen LogP contribution is -2.25. The number of hydrogen-bond acceptors (Lipinski definition) is 1. The maximum Gasteiger partial charge on any atom is 0.136 e. The minimum atomic E-state index is 0.269. The van der Waals surface area contributed by atoms with Gasteiger partial charge >= 0.3 is 0 Å². The van der Waals surface area contributed by atoms with Gasteiger partial charge in [-0.3, -0.25) is 4.79 Å². The summed E-state index contributed by atoms with van der Waals surface area (Å²) >= 11 is 0. The quantitative estimate of drug-likeness (QED) is 0.739. The van der Waals surface area contributed by atoms with Crippen LogP contribution in [-0.4, -0.2) is 5.78 Å². The largest absolute Gasteiger partial charge is 0.299 e. The zero-order valence-corrected chi connectivity index (χ0v) is 10.2. The van der Waals surface area contributed by atoms with Crippen LogP contribution in [-0.2, 0) is 11.2 Å². The molecule has 1 aliphatic carbocycles. The molecule has 1 heteroatoms. The Balaban J connectivity index is 2.05. The number of benzene rings is 1. The molecule has 0 spiro atoms. The summed E-state index contributed by atoms with van der Waals surface area (Å²) in [6, 6.07) is 8.53. The number of rotatable bonds is 2. The molecular weight excluding hydrogens is 196 g/mol. The lowest BCUT2D eigenvalue weighted by molar-refractivity contribution is -0.125. The molecule has 0 aromatic heterocycles. The Hall–Kier alpha value is -1.11. The fraction of sp³-hybridized carbons (Fsp3) is 0.533. The Kier molecular flexibility index (Phi) is 3.42. The third-order valence-electron chi connectivity index (χ3n) is 3.59. The normalized spacial score (nSPS) is 25.8. The van der Waals surface area contributed by atoms with Crippen molar-refractivity contribution in [1.29, 1.82) is 0 Å². The van der Waals surface area contributed by atoms with Crippen molar-refractivity contribution in [2.75, 3.05) is 0 Å². The van der Waals surface area contributed by atoms with E-state index >= 15 is 0 Å². The van der Waals surface area contributed by atoms with Gasteiger partial charge in [-0.05, 0) is 37.7 Å². The molecule has 16 heavy (non-hydrogen) atoms. The van der Waals surface area contributed by atoms with Gasteiger partial charge in [0.05, 0.1) is 0 Å². The highest BCUT2D eigenvalue weighted by Crippen LogP contribution is 2.28. The molecule has 0 N–H and O–H groups in total. The Morgan fingerprint density at radius 3 is 2.94 bits per heavy atom. The number of hydrogen-bond donors (Lipinski definition) is 0. The number of carbonyl (C=O) groups excluding carboxylic acids is 1. The summed E-state index contributed by atoms with van der Waals surface area (Å²) in [6.07, 6.45) is 3.89. The van der Waals surface area contributed by atoms with E-state index in [9.17, 15) is 4.79 Å². The van der Waals surface area contributed by atoms with Gasteiger partial charge in [0, 0.05) is 12.3 Å². The van der Waals surface area contributed by atoms with Crippen LogP contribution in [0.2, 0.25) is 0 Å². The predicted molar refractivity (Wildman–Crippen MR) is 66.4 cm³/mol. The molecule has 1 aromatic rings. The van der Waals surface area contributed by atoms with E-state index in [2.05, 4.69) is 38.1 Å². The summed E-state index contributed by atoms with van der Waals surface area (Å²) in [7, 11) is 0. The van der Waals surface area contributed by atoms with Crippen molar-refractivity contribution in [3.8, 4) is 0 Å². The SMILES string of the molecule is Cc1cccc(CC2CC(C)CCC2=O)c1. The van der Waals surface area contributed by atoms with Gasteiger partial charge in [-0.25, -0.2) is 0 Å². The number of Topliss-reactive ketones (excluding diaryl/α,β-unsaturated/α-hetero) is 1. The first-order chi connectivity index (χ1) is 7.65. The predicted octanol–water partition coefficient (Wildman–Crippen LogP) is 3.54. The first-order valence-electron chi connectivity index (χ1n) is 6.23. The summed E-state index contributed by atoms with van der Waals surface area (Å²) in [4.78, 5) is 11.8. The van der Waals surface area contributed by atoms with E-state index in [1.54, 1.807) is 0 Å². The Morgan fingerprint density at radius 2 is 2.19 bits per heavy atom. The molecule has 1 aromatic carbocycles. The van der Waals surface area contributed by atoms with Gasteiger partial charge in [0.2, 0.25) is 0 Å². The van der Waals surface area contributed by atoms with Crippen LogP contribution in [0.25, 0.3) is 0 Å². The Labute approximate surface area is 97.9 Å². The van der Waals surface area contributed by atoms with E-state index in [1.165, 1.54) is 11.1 Å². The standard InChI is InChI=1S/C15H20O/c1-11-4-3-5-13(8-11)10-14-9-12(2)6-7-15(14)16/h3-5,8,12,14H,6-7,9-10H2,1-2H3. The molecule has 0 aliphatic heterocycles. The third-order valence-corrected chi connectivity index (χ3v) is 3.59. The van der Waals surface area contributed by atoms with Crippen LogP contribution in [0.4, 0.5) is 0 Å². The molecular formula is C15H20O. The van der Waals surface area contributed by atoms with Crippen LogP contribution in [0.3, 0.4) is 0 Å². The highest BCUT2D eigenvalue weighted by Gasteiger charge is 2.26. The summed E-state index contributed by atoms with van der Waals surface area (Å²) in [5.41, 5.74) is 2.60. The molecule has 0 radical (unpaired) electrons. The van der Waals surface area contributed by atoms with Crippen LogP contribution >= 0.6 is 0 Å². The minimum Gasteiger partial charge on any atom is -0.299 e. The molecule has 0 amide bonds. The second-order valence-electron chi connectivity index (χ2n) is 5.24. The van der Waals surface area contributed by atoms with Crippen LogP contribution in [0.5, 0.6) is 0 Å². The second-order valence-corrected chi connectivity index (χ2v) is 5.24. The summed E-state index contributed by atoms with van der Waals surface area (Å²) in [5, 5.41) is 0. The zero-order valence-electron chi connectivity index (χ0n) is 10.2. The van der Waals surface area contributed by atoms with E-state index in [0.29, 0.717) is 11.7 Å². The van der Waals surface area contributed by atoms with Gasteiger partial charge in [-0.15, -0.1) is 0 Å². The topological polar surface area (TPSA) is 17.1 Å². The molecule has 1 aliphatic rings. The average Bonchev–Trinajstić information content (AvgIpc) is 2.24. The minimum absolute atomic E-state index is 0.269. The molecule has 1 nitrogen and oxygen atoms in total. The molecule has 0 bridgehead atoms. The van der Waals surface area contributed by atoms with E-state index in [0.717, 1.165) is 25.7 Å². The smallest absolute Gasteiger partial charge is 0.136 e. The van der Waals surface area contributed by atoms with E-state index in [4.69, 9.17) is 0 Å². The molecule has 2 rings (SSSR count). The molecule has 1 fully saturated rings. The molecule has 0 saturated heterocycles. The molecule has 2 unspecified atom stereocenters. The maximum atomic E-state index is 11.8. The summed E-state index contributed by atoms with van der Waals surface area (Å²) in [5.74, 6) is 1.46. The first-order valence-corrected chi connectivity index (χ1v) is 6.23. The highest BCUT2D eigenvalue weighted by atomic mass is 16.1. The third kappa shape index (κ3) is 2.72. The number of aryl methyl sites for hydroxylation is 1. The summed E-state index contributed by atoms with van der Waals surface area (Å²) in [6.45, 7) is 4.37. The maximum absolute atomic E-state index is 11.8. The second kappa shape index (κ2) is 4.82. The molecule has 2 atom stereocenters. The highest BCUT2D eigenvalue weighted by molar-refractivity contribution is 5.82. The molecule has 86 valence electrons. The van der Waals surface area contributed by atoms with E-state index in [1.807, 2.05) is 0 Å². The summed E-state index contributed by atoms with van der Waals surface area (Å²) < 4.78 is 0. The van der Waals surface area contributed by atoms with Crippen molar-refractivity contribution in [2.45, 2.75) is 39.5 Å². The fourth-order valence-corrected chi connectivity index (χ4v) is 2.65. The van der Waals surface area contributed by atoms with Crippen molar-refractivity contribution in [3.05, 3.63) is 35.4 Å². The Morgan fingerprint density at radius 1 is 1.38 bits per heavy atom. The first kappa shape index (κ1) is 11.4. The average molecular weight is 216 g/mol. The molecule has 0 heterocycles. The van der Waals surface area contributed by atoms with Gasteiger partial charge in [0.25, 0.3) is 0 Å². The van der Waals surface area contributed by atoms with Gasteiger partial charge in [-0.2, -0.15) is 0 Å². The molecule has 1 saturated carbocycles. The van der Waals surface area contributed by atoms with Crippen molar-refractivity contribution >= 4 is 5.78 Å². The lowest BCUT2D eigenvalue weighted by Gasteiger charge is -2.25. The van der Waals surface area contributed by atoms with Crippen LogP contribution in [0.1, 0.15) is 37.3 Å². The van der Waals surface area contributed by atoms with Crippen LogP contribution < -0.4 is 0 Å². The lowest BCUT2D eigenvalue weighted by atomic mass is 9.78. The number of ketones is 1. The van der Waals surface area contributed by atoms with Crippen LogP contribution in [0.15, 0.2) is 24.3 Å². The van der Waals surface area contributed by atoms with Gasteiger partial charge in [0.1, 0.15) is 5.78 Å². The van der Waals surface area contributed by atoms with E-state index < -0.39 is 0 Å². The van der Waals surface area contributed by atoms with Crippen molar-refractivity contribution in [3.63, 3.8) is 0 Å². The van der Waals surface area contributed by atoms with Crippen molar-refractivity contribution in [1.82, 2.24) is 0 Å². The zero-order chi connectivity index (χ0) is 11.5. The van der Waals surface area contributed by atoms with Gasteiger partial charge in [0.15, 0.2) is 0 Å². The monoisotopic (exact) mass is 216 g/mol. The van der Waals surface area contributed by atoms with Crippen molar-refractivity contribution < 1.29 is 4.79 Å². The number of carbonyl (C=O) groups is 1. The van der Waals surface area contributed by atoms with Crippen molar-refractivity contribution in [2.24, 2.45) is 11.8 Å².